The summed E-state index contributed by atoms with van der Waals surface area (Å²) in [6.07, 6.45) is 5.64. The van der Waals surface area contributed by atoms with Crippen LogP contribution in [0.4, 0.5) is 0 Å². The van der Waals surface area contributed by atoms with Gasteiger partial charge in [0.15, 0.2) is 6.29 Å². The third-order valence-corrected chi connectivity index (χ3v) is 6.27. The first-order valence-electron chi connectivity index (χ1n) is 11.1. The molecule has 5 atom stereocenters. The van der Waals surface area contributed by atoms with E-state index in [2.05, 4.69) is 42.2 Å². The molecule has 0 bridgehead atoms. The molecule has 30 heavy (non-hydrogen) atoms. The van der Waals surface area contributed by atoms with Crippen molar-refractivity contribution in [2.24, 2.45) is 11.8 Å². The van der Waals surface area contributed by atoms with Gasteiger partial charge in [-0.3, -0.25) is 0 Å². The zero-order valence-electron chi connectivity index (χ0n) is 17.3. The van der Waals surface area contributed by atoms with E-state index >= 15 is 0 Å². The lowest BCUT2D eigenvalue weighted by molar-refractivity contribution is -0.176. The van der Waals surface area contributed by atoms with Crippen LogP contribution in [0, 0.1) is 23.7 Å². The van der Waals surface area contributed by atoms with E-state index in [4.69, 9.17) is 9.47 Å². The summed E-state index contributed by atoms with van der Waals surface area (Å²) in [7, 11) is 0. The highest BCUT2D eigenvalue weighted by atomic mass is 16.7. The lowest BCUT2D eigenvalue weighted by Crippen LogP contribution is -2.28. The van der Waals surface area contributed by atoms with Crippen molar-refractivity contribution in [3.05, 3.63) is 48.0 Å². The molecule has 158 valence electrons. The average Bonchev–Trinajstić information content (AvgIpc) is 3.12. The molecule has 2 aliphatic rings. The normalized spacial score (nSPS) is 27.4. The third kappa shape index (κ3) is 5.29. The fourth-order valence-corrected chi connectivity index (χ4v) is 4.57. The van der Waals surface area contributed by atoms with Gasteiger partial charge in [0, 0.05) is 31.3 Å². The van der Waals surface area contributed by atoms with Gasteiger partial charge in [-0.2, -0.15) is 0 Å². The smallest absolute Gasteiger partial charge is 0.159 e. The van der Waals surface area contributed by atoms with Crippen LogP contribution in [0.3, 0.4) is 0 Å². The zero-order chi connectivity index (χ0) is 20.8. The van der Waals surface area contributed by atoms with Crippen molar-refractivity contribution in [1.29, 1.82) is 0 Å². The number of hydrogen-bond donors (Lipinski definition) is 1. The van der Waals surface area contributed by atoms with Crippen molar-refractivity contribution >= 4 is 17.1 Å². The van der Waals surface area contributed by atoms with Crippen LogP contribution in [0.5, 0.6) is 0 Å². The molecule has 1 saturated carbocycles. The Morgan fingerprint density at radius 3 is 2.80 bits per heavy atom. The molecule has 2 fully saturated rings. The van der Waals surface area contributed by atoms with E-state index in [0.29, 0.717) is 19.3 Å². The number of fused-ring (bicyclic) bond motifs is 1. The number of benzene rings is 2. The summed E-state index contributed by atoms with van der Waals surface area (Å²) in [5.74, 6) is 6.65. The summed E-state index contributed by atoms with van der Waals surface area (Å²) in [6.45, 7) is 0.733. The van der Waals surface area contributed by atoms with Gasteiger partial charge in [0.05, 0.1) is 6.10 Å². The van der Waals surface area contributed by atoms with E-state index in [-0.39, 0.29) is 24.2 Å². The molecule has 2 aromatic rings. The van der Waals surface area contributed by atoms with E-state index in [1.54, 1.807) is 0 Å². The summed E-state index contributed by atoms with van der Waals surface area (Å²) in [5, 5.41) is 12.6. The Bertz CT molecular complexity index is 906. The summed E-state index contributed by atoms with van der Waals surface area (Å²) < 4.78 is 12.1. The predicted molar refractivity (Wildman–Crippen MR) is 117 cm³/mol. The lowest BCUT2D eigenvalue weighted by Gasteiger charge is -2.26. The second kappa shape index (κ2) is 10.2. The molecule has 0 amide bonds. The van der Waals surface area contributed by atoms with Crippen LogP contribution in [-0.2, 0) is 20.7 Å². The SMILES string of the molecule is O=CC[C@@H]1[C@H](O)CC[C@H]1C#CC(Cc1ccc2ccccc2c1)OC1CCCCO1. The largest absolute Gasteiger partial charge is 0.393 e. The second-order valence-electron chi connectivity index (χ2n) is 8.41. The Morgan fingerprint density at radius 2 is 2.00 bits per heavy atom. The number of hydrogen-bond acceptors (Lipinski definition) is 4. The first-order chi connectivity index (χ1) is 14.7. The van der Waals surface area contributed by atoms with Crippen molar-refractivity contribution in [3.8, 4) is 11.8 Å². The van der Waals surface area contributed by atoms with Crippen molar-refractivity contribution in [1.82, 2.24) is 0 Å². The molecule has 1 aliphatic heterocycles. The van der Waals surface area contributed by atoms with Gasteiger partial charge in [0.2, 0.25) is 0 Å². The predicted octanol–water partition coefficient (Wildman–Crippen LogP) is 4.27. The van der Waals surface area contributed by atoms with Crippen molar-refractivity contribution < 1.29 is 19.4 Å². The van der Waals surface area contributed by atoms with Crippen LogP contribution in [0.15, 0.2) is 42.5 Å². The zero-order valence-corrected chi connectivity index (χ0v) is 17.3. The Balaban J connectivity index is 1.52. The Labute approximate surface area is 178 Å². The van der Waals surface area contributed by atoms with Gasteiger partial charge in [-0.1, -0.05) is 54.3 Å². The van der Waals surface area contributed by atoms with E-state index in [1.807, 2.05) is 12.1 Å². The number of aliphatic hydroxyl groups excluding tert-OH is 1. The molecule has 4 rings (SSSR count). The van der Waals surface area contributed by atoms with Crippen LogP contribution in [-0.4, -0.2) is 36.5 Å². The number of rotatable bonds is 6. The van der Waals surface area contributed by atoms with Crippen LogP contribution in [0.25, 0.3) is 10.8 Å². The Hall–Kier alpha value is -2.19. The standard InChI is InChI=1S/C26H30O4/c27-15-14-24-21(11-13-25(24)28)10-12-23(30-26-7-3-4-16-29-26)18-19-8-9-20-5-1-2-6-22(20)17-19/h1-2,5-6,8-9,15,17,21,23-26,28H,3-4,7,11,13-14,16,18H2/t21-,23?,24+,25-,26?/m1/s1. The maximum absolute atomic E-state index is 11.0. The van der Waals surface area contributed by atoms with Crippen LogP contribution < -0.4 is 0 Å². The number of carbonyl (C=O) groups excluding carboxylic acids is 1. The lowest BCUT2D eigenvalue weighted by atomic mass is 9.92. The highest BCUT2D eigenvalue weighted by Gasteiger charge is 2.33. The summed E-state index contributed by atoms with van der Waals surface area (Å²) in [5.41, 5.74) is 1.18. The van der Waals surface area contributed by atoms with Crippen LogP contribution in [0.1, 0.15) is 44.1 Å². The van der Waals surface area contributed by atoms with Gasteiger partial charge in [-0.25, -0.2) is 0 Å². The third-order valence-electron chi connectivity index (χ3n) is 6.27. The molecular weight excluding hydrogens is 376 g/mol. The van der Waals surface area contributed by atoms with Crippen LogP contribution in [0.2, 0.25) is 0 Å². The topological polar surface area (TPSA) is 55.8 Å². The van der Waals surface area contributed by atoms with Gasteiger partial charge in [-0.05, 0) is 48.4 Å². The first-order valence-corrected chi connectivity index (χ1v) is 11.1. The molecule has 2 unspecified atom stereocenters. The summed E-state index contributed by atoms with van der Waals surface area (Å²) in [4.78, 5) is 11.0. The minimum absolute atomic E-state index is 0.0418. The molecular formula is C26H30O4. The maximum atomic E-state index is 11.0. The van der Waals surface area contributed by atoms with Gasteiger partial charge in [0.25, 0.3) is 0 Å². The van der Waals surface area contributed by atoms with E-state index in [1.165, 1.54) is 16.3 Å². The fourth-order valence-electron chi connectivity index (χ4n) is 4.57. The molecule has 0 radical (unpaired) electrons. The Morgan fingerprint density at radius 1 is 1.13 bits per heavy atom. The number of carbonyl (C=O) groups is 1. The second-order valence-corrected chi connectivity index (χ2v) is 8.41. The van der Waals surface area contributed by atoms with Crippen molar-refractivity contribution in [2.75, 3.05) is 6.61 Å². The van der Waals surface area contributed by atoms with Gasteiger partial charge in [0.1, 0.15) is 12.4 Å². The number of aliphatic hydroxyl groups is 1. The molecule has 4 nitrogen and oxygen atoms in total. The first kappa shape index (κ1) is 21.1. The quantitative estimate of drug-likeness (QED) is 0.575. The van der Waals surface area contributed by atoms with E-state index < -0.39 is 6.10 Å². The molecule has 1 aliphatic carbocycles. The van der Waals surface area contributed by atoms with Crippen molar-refractivity contribution in [2.45, 2.75) is 63.4 Å². The number of aldehydes is 1. The molecule has 4 heteroatoms. The fraction of sp³-hybridized carbons (Fsp3) is 0.500. The summed E-state index contributed by atoms with van der Waals surface area (Å²) in [6, 6.07) is 14.8. The van der Waals surface area contributed by atoms with E-state index in [0.717, 1.165) is 38.6 Å². The highest BCUT2D eigenvalue weighted by molar-refractivity contribution is 5.83. The van der Waals surface area contributed by atoms with Gasteiger partial charge < -0.3 is 19.4 Å². The maximum Gasteiger partial charge on any atom is 0.159 e. The highest BCUT2D eigenvalue weighted by Crippen LogP contribution is 2.33. The van der Waals surface area contributed by atoms with Gasteiger partial charge >= 0.3 is 0 Å². The van der Waals surface area contributed by atoms with Crippen molar-refractivity contribution in [3.63, 3.8) is 0 Å². The summed E-state index contributed by atoms with van der Waals surface area (Å²) >= 11 is 0. The average molecular weight is 407 g/mol. The minimum Gasteiger partial charge on any atom is -0.393 e. The number of ether oxygens (including phenoxy) is 2. The minimum atomic E-state index is -0.434. The molecule has 2 aromatic carbocycles. The molecule has 1 saturated heterocycles. The molecule has 1 N–H and O–H groups in total. The monoisotopic (exact) mass is 406 g/mol. The van der Waals surface area contributed by atoms with E-state index in [9.17, 15) is 9.90 Å². The molecule has 0 spiro atoms. The van der Waals surface area contributed by atoms with Gasteiger partial charge in [-0.15, -0.1) is 0 Å². The molecule has 0 aromatic heterocycles. The molecule has 1 heterocycles. The van der Waals surface area contributed by atoms with Crippen LogP contribution >= 0.6 is 0 Å². The Kier molecular flexibility index (Phi) is 7.17.